The van der Waals surface area contributed by atoms with Crippen LogP contribution in [0.1, 0.15) is 27.2 Å². The number of alkyl halides is 2. The number of anilines is 1. The molecular formula is C16H22F2N2O5. The van der Waals surface area contributed by atoms with Gasteiger partial charge in [0, 0.05) is 13.1 Å². The van der Waals surface area contributed by atoms with Crippen molar-refractivity contribution in [2.45, 2.75) is 39.4 Å². The highest BCUT2D eigenvalue weighted by Crippen LogP contribution is 2.34. The molecule has 2 amide bonds. The number of hydrogen-bond acceptors (Lipinski definition) is 5. The number of hydrogen-bond donors (Lipinski definition) is 1. The first-order valence-corrected chi connectivity index (χ1v) is 7.46. The summed E-state index contributed by atoms with van der Waals surface area (Å²) in [5, 5.41) is 0. The summed E-state index contributed by atoms with van der Waals surface area (Å²) in [6, 6.07) is 4.27. The number of rotatable bonds is 2. The van der Waals surface area contributed by atoms with Crippen molar-refractivity contribution in [2.75, 3.05) is 18.6 Å². The van der Waals surface area contributed by atoms with Crippen LogP contribution in [0.3, 0.4) is 0 Å². The van der Waals surface area contributed by atoms with Gasteiger partial charge in [0.15, 0.2) is 0 Å². The number of primary amides is 1. The van der Waals surface area contributed by atoms with Crippen molar-refractivity contribution >= 4 is 17.7 Å². The van der Waals surface area contributed by atoms with Gasteiger partial charge in [0.05, 0.1) is 18.7 Å². The number of nitrogens with zero attached hydrogens (tertiary/aromatic N) is 1. The molecule has 0 unspecified atom stereocenters. The Bertz CT molecular complexity index is 617. The Morgan fingerprint density at radius 3 is 2.48 bits per heavy atom. The highest BCUT2D eigenvalue weighted by Gasteiger charge is 2.21. The molecule has 25 heavy (non-hydrogen) atoms. The molecule has 140 valence electrons. The Balaban J connectivity index is 0.000000333. The predicted octanol–water partition coefficient (Wildman–Crippen LogP) is 2.91. The van der Waals surface area contributed by atoms with Gasteiger partial charge in [-0.1, -0.05) is 0 Å². The summed E-state index contributed by atoms with van der Waals surface area (Å²) in [6.45, 7) is 2.68. The van der Waals surface area contributed by atoms with Crippen LogP contribution in [0.5, 0.6) is 11.5 Å². The lowest BCUT2D eigenvalue weighted by atomic mass is 10.2. The molecular weight excluding hydrogens is 338 g/mol. The van der Waals surface area contributed by atoms with Crippen LogP contribution in [-0.2, 0) is 9.53 Å². The second kappa shape index (κ2) is 8.50. The van der Waals surface area contributed by atoms with Gasteiger partial charge in [-0.3, -0.25) is 4.79 Å². The number of carbonyl (C=O) groups is 2. The summed E-state index contributed by atoms with van der Waals surface area (Å²) in [5.74, 6) is 0.363. The molecule has 9 heteroatoms. The van der Waals surface area contributed by atoms with Gasteiger partial charge in [-0.05, 0) is 32.9 Å². The van der Waals surface area contributed by atoms with Gasteiger partial charge < -0.3 is 24.8 Å². The molecule has 1 heterocycles. The molecule has 2 rings (SSSR count). The van der Waals surface area contributed by atoms with Gasteiger partial charge in [0.2, 0.25) is 5.91 Å². The second-order valence-electron chi connectivity index (χ2n) is 6.09. The van der Waals surface area contributed by atoms with E-state index < -0.39 is 18.3 Å². The lowest BCUT2D eigenvalue weighted by molar-refractivity contribution is -0.118. The zero-order valence-corrected chi connectivity index (χ0v) is 14.5. The normalized spacial score (nSPS) is 13.9. The van der Waals surface area contributed by atoms with Gasteiger partial charge in [-0.25, -0.2) is 4.79 Å². The Kier molecular flexibility index (Phi) is 6.96. The van der Waals surface area contributed by atoms with Gasteiger partial charge in [0.25, 0.3) is 0 Å². The number of amides is 2. The van der Waals surface area contributed by atoms with Crippen LogP contribution in [0, 0.1) is 0 Å². The monoisotopic (exact) mass is 360 g/mol. The Hall–Kier alpha value is -2.58. The van der Waals surface area contributed by atoms with Crippen molar-refractivity contribution in [3.8, 4) is 11.5 Å². The predicted molar refractivity (Wildman–Crippen MR) is 87.0 cm³/mol. The van der Waals surface area contributed by atoms with Gasteiger partial charge >= 0.3 is 12.7 Å². The van der Waals surface area contributed by atoms with E-state index in [1.165, 1.54) is 23.1 Å². The van der Waals surface area contributed by atoms with Crippen LogP contribution in [0.2, 0.25) is 0 Å². The van der Waals surface area contributed by atoms with Crippen LogP contribution in [0.15, 0.2) is 18.2 Å². The maximum Gasteiger partial charge on any atom is 0.405 e. The van der Waals surface area contributed by atoms with E-state index in [1.54, 1.807) is 27.8 Å². The molecule has 1 aliphatic heterocycles. The quantitative estimate of drug-likeness (QED) is 0.876. The summed E-state index contributed by atoms with van der Waals surface area (Å²) in [5.41, 5.74) is 4.70. The average Bonchev–Trinajstić information content (AvgIpc) is 2.57. The maximum atomic E-state index is 12.1. The van der Waals surface area contributed by atoms with E-state index in [0.29, 0.717) is 11.4 Å². The molecule has 1 aliphatic rings. The minimum absolute atomic E-state index is 0.00361. The van der Waals surface area contributed by atoms with Crippen molar-refractivity contribution in [1.29, 1.82) is 0 Å². The number of ether oxygens (including phenoxy) is 3. The molecule has 0 saturated carbocycles. The Morgan fingerprint density at radius 2 is 2.00 bits per heavy atom. The lowest BCUT2D eigenvalue weighted by Gasteiger charge is -2.17. The summed E-state index contributed by atoms with van der Waals surface area (Å²) in [6.07, 6.45) is -0.464. The number of benzene rings is 1. The first kappa shape index (κ1) is 20.5. The largest absolute Gasteiger partial charge is 0.491 e. The molecule has 0 aromatic heterocycles. The molecule has 0 spiro atoms. The molecule has 7 nitrogen and oxygen atoms in total. The van der Waals surface area contributed by atoms with Gasteiger partial charge in [-0.15, -0.1) is 0 Å². The third-order valence-electron chi connectivity index (χ3n) is 2.87. The number of halogens is 2. The SMILES string of the molecule is CC(C)(C)OC(N)=O.CN1C(=O)CCOc2ccc(OC(F)F)cc21. The van der Waals surface area contributed by atoms with Crippen molar-refractivity contribution in [3.05, 3.63) is 18.2 Å². The minimum Gasteiger partial charge on any atom is -0.491 e. The van der Waals surface area contributed by atoms with E-state index >= 15 is 0 Å². The molecule has 1 aromatic rings. The number of carbonyl (C=O) groups excluding carboxylic acids is 2. The van der Waals surface area contributed by atoms with Crippen LogP contribution in [-0.4, -0.2) is 37.9 Å². The molecule has 0 fully saturated rings. The van der Waals surface area contributed by atoms with E-state index in [0.717, 1.165) is 0 Å². The first-order valence-electron chi connectivity index (χ1n) is 7.46. The highest BCUT2D eigenvalue weighted by atomic mass is 19.3. The lowest BCUT2D eigenvalue weighted by Crippen LogP contribution is -2.27. The topological polar surface area (TPSA) is 91.1 Å². The molecule has 0 saturated heterocycles. The number of fused-ring (bicyclic) bond motifs is 1. The molecule has 0 aliphatic carbocycles. The fraction of sp³-hybridized carbons (Fsp3) is 0.500. The van der Waals surface area contributed by atoms with E-state index in [-0.39, 0.29) is 24.7 Å². The highest BCUT2D eigenvalue weighted by molar-refractivity contribution is 5.95. The van der Waals surface area contributed by atoms with E-state index in [1.807, 2.05) is 0 Å². The average molecular weight is 360 g/mol. The minimum atomic E-state index is -2.89. The molecule has 0 atom stereocenters. The summed E-state index contributed by atoms with van der Waals surface area (Å²) >= 11 is 0. The zero-order chi connectivity index (χ0) is 19.2. The van der Waals surface area contributed by atoms with E-state index in [4.69, 9.17) is 10.5 Å². The molecule has 2 N–H and O–H groups in total. The summed E-state index contributed by atoms with van der Waals surface area (Å²) < 4.78 is 38.3. The third-order valence-corrected chi connectivity index (χ3v) is 2.87. The molecule has 1 aromatic carbocycles. The second-order valence-corrected chi connectivity index (χ2v) is 6.09. The van der Waals surface area contributed by atoms with Crippen LogP contribution >= 0.6 is 0 Å². The van der Waals surface area contributed by atoms with E-state index in [2.05, 4.69) is 9.47 Å². The van der Waals surface area contributed by atoms with Crippen LogP contribution in [0.4, 0.5) is 19.3 Å². The van der Waals surface area contributed by atoms with Crippen molar-refractivity contribution in [2.24, 2.45) is 5.73 Å². The maximum absolute atomic E-state index is 12.1. The smallest absolute Gasteiger partial charge is 0.405 e. The van der Waals surface area contributed by atoms with Crippen LogP contribution in [0.25, 0.3) is 0 Å². The van der Waals surface area contributed by atoms with Gasteiger partial charge in [-0.2, -0.15) is 8.78 Å². The third kappa shape index (κ3) is 7.23. The van der Waals surface area contributed by atoms with Crippen molar-refractivity contribution < 1.29 is 32.6 Å². The standard InChI is InChI=1S/C11H11F2NO3.C5H11NO2/c1-14-8-6-7(17-11(12)13)2-3-9(8)16-5-4-10(14)15;1-5(2,3)8-4(6)7/h2-3,6,11H,4-5H2,1H3;1-3H3,(H2,6,7). The van der Waals surface area contributed by atoms with Crippen molar-refractivity contribution in [3.63, 3.8) is 0 Å². The van der Waals surface area contributed by atoms with Crippen LogP contribution < -0.4 is 20.1 Å². The fourth-order valence-corrected chi connectivity index (χ4v) is 1.91. The van der Waals surface area contributed by atoms with E-state index in [9.17, 15) is 18.4 Å². The summed E-state index contributed by atoms with van der Waals surface area (Å²) in [4.78, 5) is 23.0. The first-order chi connectivity index (χ1) is 11.5. The zero-order valence-electron chi connectivity index (χ0n) is 14.5. The fourth-order valence-electron chi connectivity index (χ4n) is 1.91. The Labute approximate surface area is 144 Å². The number of nitrogens with two attached hydrogens (primary N) is 1. The summed E-state index contributed by atoms with van der Waals surface area (Å²) in [7, 11) is 1.57. The molecule has 0 radical (unpaired) electrons. The molecule has 0 bridgehead atoms. The van der Waals surface area contributed by atoms with Gasteiger partial charge in [0.1, 0.15) is 17.1 Å². The Morgan fingerprint density at radius 1 is 1.36 bits per heavy atom. The van der Waals surface area contributed by atoms with Crippen molar-refractivity contribution in [1.82, 2.24) is 0 Å².